The molecule has 35 aliphatic carbocycles. The number of allylic oxidation sites excluding steroid dienone is 6. The van der Waals surface area contributed by atoms with Crippen LogP contribution in [0.1, 0.15) is 860 Å². The summed E-state index contributed by atoms with van der Waals surface area (Å²) in [5.41, 5.74) is 0. The van der Waals surface area contributed by atoms with Gasteiger partial charge in [0, 0.05) is 0 Å². The molecule has 0 aromatic heterocycles. The van der Waals surface area contributed by atoms with Gasteiger partial charge in [0.15, 0.2) is 0 Å². The van der Waals surface area contributed by atoms with Crippen LogP contribution in [0.3, 0.4) is 0 Å². The Hall–Kier alpha value is -0.780. The van der Waals surface area contributed by atoms with Crippen LogP contribution in [0.4, 0.5) is 0 Å². The van der Waals surface area contributed by atoms with Crippen molar-refractivity contribution < 1.29 is 0 Å². The van der Waals surface area contributed by atoms with Crippen LogP contribution in [0.2, 0.25) is 0 Å². The molecule has 0 saturated heterocycles. The minimum atomic E-state index is 1.32. The first-order valence-corrected chi connectivity index (χ1v) is 68.9. The molecule has 0 nitrogen and oxygen atoms in total. The number of hydrogen-bond acceptors (Lipinski definition) is 0. The topological polar surface area (TPSA) is 0 Å². The molecule has 0 heteroatoms. The van der Waals surface area contributed by atoms with Gasteiger partial charge in [-0.15, -0.1) is 0 Å². The Balaban J connectivity index is 0.000000721. The van der Waals surface area contributed by atoms with Gasteiger partial charge in [0.2, 0.25) is 0 Å². The molecule has 35 rings (SSSR count). The molecule has 32 saturated carbocycles. The summed E-state index contributed by atoms with van der Waals surface area (Å²) >= 11 is 0. The fourth-order valence-corrected chi connectivity index (χ4v) is 8.50. The van der Waals surface area contributed by atoms with E-state index in [0.29, 0.717) is 0 Å². The summed E-state index contributed by atoms with van der Waals surface area (Å²) in [5, 5.41) is 0. The van der Waals surface area contributed by atoms with E-state index in [1.54, 1.807) is 0 Å². The van der Waals surface area contributed by atoms with Gasteiger partial charge in [0.25, 0.3) is 0 Å². The first-order chi connectivity index (χ1) is 70.0. The largest absolute Gasteiger partial charge is 0.0882 e. The molecule has 0 unspecified atom stereocenters. The summed E-state index contributed by atoms with van der Waals surface area (Å²) in [5.74, 6) is 0. The predicted molar refractivity (Wildman–Crippen MR) is 646 cm³/mol. The minimum Gasteiger partial charge on any atom is -0.0882 e. The standard InChI is InChI=1S/32C4H8.3C4H6/c35*1-2-4-3-1/h32*1-4H2;3*1-2H,3-4H2. The summed E-state index contributed by atoms with van der Waals surface area (Å²) in [6.45, 7) is 0. The Morgan fingerprint density at radius 3 is 0.0500 bits per heavy atom. The summed E-state index contributed by atoms with van der Waals surface area (Å²) in [4.78, 5) is 0. The van der Waals surface area contributed by atoms with Gasteiger partial charge in [0.1, 0.15) is 0 Å². The molecule has 140 heavy (non-hydrogen) atoms. The molecule has 0 amide bonds. The summed E-state index contributed by atoms with van der Waals surface area (Å²) in [6, 6.07) is 0. The molecule has 0 bridgehead atoms. The second-order valence-corrected chi connectivity index (χ2v) is 48.4. The van der Waals surface area contributed by atoms with Gasteiger partial charge in [-0.1, -0.05) is 858 Å². The zero-order valence-electron chi connectivity index (χ0n) is 98.2. The Morgan fingerprint density at radius 1 is 0.0357 bits per heavy atom. The van der Waals surface area contributed by atoms with E-state index in [2.05, 4.69) is 36.5 Å². The van der Waals surface area contributed by atoms with Gasteiger partial charge >= 0.3 is 0 Å². The lowest BCUT2D eigenvalue weighted by Gasteiger charge is -2.05. The van der Waals surface area contributed by atoms with Gasteiger partial charge in [-0.2, -0.15) is 0 Å². The van der Waals surface area contributed by atoms with Crippen molar-refractivity contribution in [3.63, 3.8) is 0 Å². The van der Waals surface area contributed by atoms with Crippen LogP contribution < -0.4 is 0 Å². The minimum absolute atomic E-state index is 1.32. The molecule has 0 aromatic rings. The molecule has 0 radical (unpaired) electrons. The van der Waals surface area contributed by atoms with E-state index in [4.69, 9.17) is 0 Å². The van der Waals surface area contributed by atoms with E-state index in [1.165, 1.54) is 860 Å². The van der Waals surface area contributed by atoms with Crippen molar-refractivity contribution in [2.75, 3.05) is 0 Å². The van der Waals surface area contributed by atoms with Gasteiger partial charge < -0.3 is 0 Å². The van der Waals surface area contributed by atoms with Crippen molar-refractivity contribution in [1.82, 2.24) is 0 Å². The monoisotopic (exact) mass is 1960 g/mol. The predicted octanol–water partition coefficient (Wildman–Crippen LogP) is 53.9. The maximum absolute atomic E-state index is 2.18. The van der Waals surface area contributed by atoms with Gasteiger partial charge in [-0.25, -0.2) is 0 Å². The fraction of sp³-hybridized carbons (Fsp3) is 0.957. The average molecular weight is 1960 g/mol. The SMILES string of the molecule is C1=CCC1.C1=CCC1.C1=CCC1.C1CCC1.C1CCC1.C1CCC1.C1CCC1.C1CCC1.C1CCC1.C1CCC1.C1CCC1.C1CCC1.C1CCC1.C1CCC1.C1CCC1.C1CCC1.C1CCC1.C1CCC1.C1CCC1.C1CCC1.C1CCC1.C1CCC1.C1CCC1.C1CCC1.C1CCC1.C1CCC1.C1CCC1.C1CCC1.C1CCC1.C1CCC1.C1CCC1.C1CCC1.C1CCC1.C1CCC1.C1CCC1. The maximum atomic E-state index is 2.18. The molecule has 0 aliphatic heterocycles. The molecule has 35 aliphatic rings. The molecule has 0 atom stereocenters. The first-order valence-electron chi connectivity index (χ1n) is 68.9. The van der Waals surface area contributed by atoms with Crippen LogP contribution in [-0.2, 0) is 0 Å². The fourth-order valence-electron chi connectivity index (χ4n) is 8.50. The van der Waals surface area contributed by atoms with Crippen LogP contribution in [-0.4, -0.2) is 0 Å². The summed E-state index contributed by atoms with van der Waals surface area (Å²) in [7, 11) is 0. The highest BCUT2D eigenvalue weighted by molar-refractivity contribution is 4.94. The van der Waals surface area contributed by atoms with Gasteiger partial charge in [-0.3, -0.25) is 0 Å². The third-order valence-corrected chi connectivity index (χ3v) is 34.0. The highest BCUT2D eigenvalue weighted by Crippen LogP contribution is 2.28. The molecular weight excluding hydrogens is 1680 g/mol. The van der Waals surface area contributed by atoms with Crippen LogP contribution in [0, 0.1) is 0 Å². The zero-order chi connectivity index (χ0) is 99.0. The van der Waals surface area contributed by atoms with Crippen LogP contribution in [0.5, 0.6) is 0 Å². The lowest BCUT2D eigenvalue weighted by atomic mass is 10.0. The van der Waals surface area contributed by atoms with E-state index < -0.39 is 0 Å². The quantitative estimate of drug-likeness (QED) is 0.212. The number of rotatable bonds is 0. The van der Waals surface area contributed by atoms with Crippen molar-refractivity contribution in [2.45, 2.75) is 860 Å². The lowest BCUT2D eigenvalue weighted by Crippen LogP contribution is -1.85. The van der Waals surface area contributed by atoms with Crippen LogP contribution in [0.15, 0.2) is 36.5 Å². The van der Waals surface area contributed by atoms with Crippen molar-refractivity contribution in [3.8, 4) is 0 Å². The molecule has 0 N–H and O–H groups in total. The highest BCUT2D eigenvalue weighted by Gasteiger charge is 2.08. The zero-order valence-corrected chi connectivity index (χ0v) is 98.2. The Kier molecular flexibility index (Phi) is 132. The molecule has 32 fully saturated rings. The number of hydrogen-bond donors (Lipinski definition) is 0. The Morgan fingerprint density at radius 2 is 0.0500 bits per heavy atom. The van der Waals surface area contributed by atoms with Crippen LogP contribution >= 0.6 is 0 Å². The Bertz CT molecular complexity index is 1190. The average Bonchev–Trinajstić information content (AvgIpc) is 3.28. The summed E-state index contributed by atoms with van der Waals surface area (Å²) < 4.78 is 0. The highest BCUT2D eigenvalue weighted by atomic mass is 14.1. The van der Waals surface area contributed by atoms with E-state index in [9.17, 15) is 0 Å². The Labute approximate surface area is 890 Å². The van der Waals surface area contributed by atoms with Crippen molar-refractivity contribution in [1.29, 1.82) is 0 Å². The van der Waals surface area contributed by atoms with Crippen molar-refractivity contribution in [2.24, 2.45) is 0 Å². The van der Waals surface area contributed by atoms with E-state index in [0.717, 1.165) is 0 Å². The lowest BCUT2D eigenvalue weighted by molar-refractivity contribution is 0.504. The van der Waals surface area contributed by atoms with E-state index in [-0.39, 0.29) is 0 Å². The third kappa shape index (κ3) is 131. The second-order valence-electron chi connectivity index (χ2n) is 48.4. The van der Waals surface area contributed by atoms with E-state index >= 15 is 0 Å². The van der Waals surface area contributed by atoms with Crippen LogP contribution in [0.25, 0.3) is 0 Å². The van der Waals surface area contributed by atoms with Gasteiger partial charge in [0.05, 0.1) is 0 Å². The normalized spacial score (nSPS) is 23.7. The molecule has 0 aromatic carbocycles. The van der Waals surface area contributed by atoms with Crippen molar-refractivity contribution in [3.05, 3.63) is 36.5 Å². The second kappa shape index (κ2) is 134. The molecule has 834 valence electrons. The molecule has 0 heterocycles. The third-order valence-electron chi connectivity index (χ3n) is 34.0. The first kappa shape index (κ1) is 137. The summed E-state index contributed by atoms with van der Waals surface area (Å²) in [6.07, 6.45) is 213. The molecular formula is C140H274. The maximum Gasteiger partial charge on any atom is -0.0316 e. The van der Waals surface area contributed by atoms with Gasteiger partial charge in [-0.05, 0) is 38.5 Å². The van der Waals surface area contributed by atoms with E-state index in [1.807, 2.05) is 0 Å². The van der Waals surface area contributed by atoms with Crippen molar-refractivity contribution >= 4 is 0 Å². The molecule has 0 spiro atoms. The smallest absolute Gasteiger partial charge is 0.0316 e.